The lowest BCUT2D eigenvalue weighted by Gasteiger charge is -2.28. The Kier molecular flexibility index (Phi) is 8.62. The van der Waals surface area contributed by atoms with Gasteiger partial charge in [0.2, 0.25) is 0 Å². The zero-order chi connectivity index (χ0) is 14.8. The number of ether oxygens (including phenoxy) is 2. The first-order valence-corrected chi connectivity index (χ1v) is 7.27. The van der Waals surface area contributed by atoms with Gasteiger partial charge in [0.25, 0.3) is 0 Å². The maximum absolute atomic E-state index is 6.41. The maximum Gasteiger partial charge on any atom is 0.0642 e. The van der Waals surface area contributed by atoms with Crippen molar-refractivity contribution in [3.63, 3.8) is 0 Å². The third-order valence-electron chi connectivity index (χ3n) is 3.10. The first-order valence-electron chi connectivity index (χ1n) is 6.89. The highest BCUT2D eigenvalue weighted by Crippen LogP contribution is 2.30. The van der Waals surface area contributed by atoms with Gasteiger partial charge in [0, 0.05) is 40.5 Å². The molecule has 0 aromatic heterocycles. The van der Waals surface area contributed by atoms with Crippen LogP contribution < -0.4 is 10.2 Å². The zero-order valence-electron chi connectivity index (χ0n) is 12.6. The monoisotopic (exact) mass is 300 g/mol. The lowest BCUT2D eigenvalue weighted by Crippen LogP contribution is -2.30. The van der Waals surface area contributed by atoms with Crippen LogP contribution in [0.15, 0.2) is 18.2 Å². The zero-order valence-corrected chi connectivity index (χ0v) is 13.4. The molecule has 1 rings (SSSR count). The predicted octanol–water partition coefficient (Wildman–Crippen LogP) is 2.55. The summed E-state index contributed by atoms with van der Waals surface area (Å²) in [7, 11) is 5.38. The lowest BCUT2D eigenvalue weighted by molar-refractivity contribution is 0.191. The first kappa shape index (κ1) is 17.2. The molecule has 0 fully saturated rings. The molecule has 0 saturated heterocycles. The molecule has 0 spiro atoms. The minimum Gasteiger partial charge on any atom is -0.385 e. The standard InChI is InChI=1S/C15H25ClN2O2/c1-17-12-13-6-4-7-14(16)15(13)18(9-11-20-3)8-5-10-19-2/h4,6-7,17H,5,8-12H2,1-3H3. The molecule has 0 amide bonds. The van der Waals surface area contributed by atoms with Crippen molar-refractivity contribution in [2.75, 3.05) is 52.5 Å². The van der Waals surface area contributed by atoms with E-state index in [-0.39, 0.29) is 0 Å². The van der Waals surface area contributed by atoms with Crippen LogP contribution in [0.25, 0.3) is 0 Å². The van der Waals surface area contributed by atoms with E-state index < -0.39 is 0 Å². The Bertz CT molecular complexity index is 388. The van der Waals surface area contributed by atoms with Gasteiger partial charge in [-0.1, -0.05) is 23.7 Å². The van der Waals surface area contributed by atoms with Gasteiger partial charge < -0.3 is 19.7 Å². The summed E-state index contributed by atoms with van der Waals surface area (Å²) in [5.41, 5.74) is 2.30. The molecule has 1 N–H and O–H groups in total. The van der Waals surface area contributed by atoms with Crippen LogP contribution in [0.4, 0.5) is 5.69 Å². The van der Waals surface area contributed by atoms with Crippen molar-refractivity contribution in [1.29, 1.82) is 0 Å². The summed E-state index contributed by atoms with van der Waals surface area (Å²) < 4.78 is 10.3. The van der Waals surface area contributed by atoms with E-state index in [0.717, 1.165) is 43.4 Å². The van der Waals surface area contributed by atoms with E-state index in [1.54, 1.807) is 14.2 Å². The van der Waals surface area contributed by atoms with Crippen molar-refractivity contribution in [2.24, 2.45) is 0 Å². The number of benzene rings is 1. The van der Waals surface area contributed by atoms with Crippen LogP contribution in [0.2, 0.25) is 5.02 Å². The van der Waals surface area contributed by atoms with Gasteiger partial charge in [0.15, 0.2) is 0 Å². The minimum atomic E-state index is 0.678. The number of para-hydroxylation sites is 1. The molecule has 0 atom stereocenters. The normalized spacial score (nSPS) is 10.8. The summed E-state index contributed by atoms with van der Waals surface area (Å²) in [5, 5.41) is 3.97. The number of halogens is 1. The van der Waals surface area contributed by atoms with E-state index in [4.69, 9.17) is 21.1 Å². The fourth-order valence-electron chi connectivity index (χ4n) is 2.18. The summed E-state index contributed by atoms with van der Waals surface area (Å²) in [5.74, 6) is 0. The number of nitrogens with zero attached hydrogens (tertiary/aromatic N) is 1. The second-order valence-electron chi connectivity index (χ2n) is 4.60. The highest BCUT2D eigenvalue weighted by Gasteiger charge is 2.14. The van der Waals surface area contributed by atoms with Crippen LogP contribution in [0.5, 0.6) is 0 Å². The Morgan fingerprint density at radius 2 is 1.90 bits per heavy atom. The fraction of sp³-hybridized carbons (Fsp3) is 0.600. The average molecular weight is 301 g/mol. The topological polar surface area (TPSA) is 33.7 Å². The predicted molar refractivity (Wildman–Crippen MR) is 84.8 cm³/mol. The Labute approximate surface area is 127 Å². The highest BCUT2D eigenvalue weighted by atomic mass is 35.5. The molecule has 0 aliphatic rings. The van der Waals surface area contributed by atoms with Crippen LogP contribution in [0, 0.1) is 0 Å². The van der Waals surface area contributed by atoms with Gasteiger partial charge >= 0.3 is 0 Å². The molecule has 0 unspecified atom stereocenters. The molecule has 0 heterocycles. The van der Waals surface area contributed by atoms with Gasteiger partial charge in [-0.15, -0.1) is 0 Å². The van der Waals surface area contributed by atoms with Gasteiger partial charge in [-0.25, -0.2) is 0 Å². The van der Waals surface area contributed by atoms with E-state index >= 15 is 0 Å². The van der Waals surface area contributed by atoms with E-state index in [0.29, 0.717) is 6.61 Å². The second kappa shape index (κ2) is 10.00. The van der Waals surface area contributed by atoms with E-state index in [1.165, 1.54) is 5.56 Å². The van der Waals surface area contributed by atoms with Crippen molar-refractivity contribution in [2.45, 2.75) is 13.0 Å². The number of methoxy groups -OCH3 is 2. The lowest BCUT2D eigenvalue weighted by atomic mass is 10.1. The number of nitrogens with one attached hydrogen (secondary N) is 1. The molecule has 5 heteroatoms. The summed E-state index contributed by atoms with van der Waals surface area (Å²) >= 11 is 6.41. The highest BCUT2D eigenvalue weighted by molar-refractivity contribution is 6.33. The Hall–Kier alpha value is -0.810. The minimum absolute atomic E-state index is 0.678. The molecule has 1 aromatic rings. The summed E-state index contributed by atoms with van der Waals surface area (Å²) in [4.78, 5) is 2.28. The number of hydrogen-bond acceptors (Lipinski definition) is 4. The van der Waals surface area contributed by atoms with Gasteiger partial charge in [-0.05, 0) is 25.1 Å². The van der Waals surface area contributed by atoms with Gasteiger partial charge in [0.05, 0.1) is 17.3 Å². The van der Waals surface area contributed by atoms with Crippen molar-refractivity contribution >= 4 is 17.3 Å². The second-order valence-corrected chi connectivity index (χ2v) is 5.01. The SMILES string of the molecule is CNCc1cccc(Cl)c1N(CCCOC)CCOC. The quantitative estimate of drug-likeness (QED) is 0.673. The van der Waals surface area contributed by atoms with Crippen molar-refractivity contribution in [3.05, 3.63) is 28.8 Å². The van der Waals surface area contributed by atoms with Crippen molar-refractivity contribution < 1.29 is 9.47 Å². The van der Waals surface area contributed by atoms with Crippen LogP contribution in [-0.4, -0.2) is 47.6 Å². The molecule has 20 heavy (non-hydrogen) atoms. The van der Waals surface area contributed by atoms with Crippen molar-refractivity contribution in [1.82, 2.24) is 5.32 Å². The molecule has 4 nitrogen and oxygen atoms in total. The summed E-state index contributed by atoms with van der Waals surface area (Å²) in [6.45, 7) is 3.94. The van der Waals surface area contributed by atoms with Gasteiger partial charge in [-0.3, -0.25) is 0 Å². The third kappa shape index (κ3) is 5.29. The molecule has 0 saturated carbocycles. The van der Waals surface area contributed by atoms with E-state index in [2.05, 4.69) is 16.3 Å². The van der Waals surface area contributed by atoms with E-state index in [1.807, 2.05) is 19.2 Å². The molecule has 1 aromatic carbocycles. The molecule has 114 valence electrons. The Balaban J connectivity index is 2.91. The number of hydrogen-bond donors (Lipinski definition) is 1. The summed E-state index contributed by atoms with van der Waals surface area (Å²) in [6.07, 6.45) is 0.963. The number of anilines is 1. The van der Waals surface area contributed by atoms with Crippen LogP contribution >= 0.6 is 11.6 Å². The largest absolute Gasteiger partial charge is 0.385 e. The van der Waals surface area contributed by atoms with Crippen LogP contribution in [0.1, 0.15) is 12.0 Å². The third-order valence-corrected chi connectivity index (χ3v) is 3.40. The van der Waals surface area contributed by atoms with Crippen LogP contribution in [0.3, 0.4) is 0 Å². The van der Waals surface area contributed by atoms with Gasteiger partial charge in [0.1, 0.15) is 0 Å². The smallest absolute Gasteiger partial charge is 0.0642 e. The molecule has 0 aliphatic carbocycles. The maximum atomic E-state index is 6.41. The average Bonchev–Trinajstić information content (AvgIpc) is 2.44. The van der Waals surface area contributed by atoms with E-state index in [9.17, 15) is 0 Å². The fourth-order valence-corrected chi connectivity index (χ4v) is 2.50. The van der Waals surface area contributed by atoms with Crippen LogP contribution in [-0.2, 0) is 16.0 Å². The molecule has 0 radical (unpaired) electrons. The Morgan fingerprint density at radius 1 is 1.15 bits per heavy atom. The summed E-state index contributed by atoms with van der Waals surface area (Å²) in [6, 6.07) is 6.03. The van der Waals surface area contributed by atoms with Crippen molar-refractivity contribution in [3.8, 4) is 0 Å². The van der Waals surface area contributed by atoms with Gasteiger partial charge in [-0.2, -0.15) is 0 Å². The number of rotatable bonds is 10. The molecular weight excluding hydrogens is 276 g/mol. The first-order chi connectivity index (χ1) is 9.74. The Morgan fingerprint density at radius 3 is 2.55 bits per heavy atom. The molecule has 0 aliphatic heterocycles. The molecular formula is C15H25ClN2O2. The molecule has 0 bridgehead atoms.